The Labute approximate surface area is 199 Å². The normalized spacial score (nSPS) is 18.8. The van der Waals surface area contributed by atoms with E-state index in [1.807, 2.05) is 41.3 Å². The summed E-state index contributed by atoms with van der Waals surface area (Å²) < 4.78 is 5.85. The number of amides is 1. The quantitative estimate of drug-likeness (QED) is 0.597. The van der Waals surface area contributed by atoms with Gasteiger partial charge in [0.2, 0.25) is 5.91 Å². The number of nitrogens with zero attached hydrogens (tertiary/aromatic N) is 2. The average molecular weight is 477 g/mol. The zero-order valence-electron chi connectivity index (χ0n) is 18.2. The van der Waals surface area contributed by atoms with Gasteiger partial charge >= 0.3 is 0 Å². The predicted octanol–water partition coefficient (Wildman–Crippen LogP) is 4.74. The first-order valence-electron chi connectivity index (χ1n) is 11.3. The van der Waals surface area contributed by atoms with Crippen LogP contribution in [0, 0.1) is 0 Å². The van der Waals surface area contributed by atoms with Crippen LogP contribution in [-0.4, -0.2) is 59.7 Å². The topological polar surface area (TPSA) is 53.0 Å². The summed E-state index contributed by atoms with van der Waals surface area (Å²) in [5.74, 6) is 1.42. The summed E-state index contributed by atoms with van der Waals surface area (Å²) in [6, 6.07) is 13.7. The zero-order chi connectivity index (χ0) is 22.5. The molecule has 0 saturated carbocycles. The molecular weight excluding hydrogens is 447 g/mol. The fraction of sp³-hybridized carbons (Fsp3) is 0.480. The third-order valence-electron chi connectivity index (χ3n) is 6.36. The van der Waals surface area contributed by atoms with Gasteiger partial charge in [-0.1, -0.05) is 41.4 Å². The SMILES string of the molecule is O=C1CCCN1Cc1cccc(OC[C@@H](O)CN2CCC(c3ccc(Cl)c(Cl)c3)CC2)c1. The maximum Gasteiger partial charge on any atom is 0.222 e. The second kappa shape index (κ2) is 10.9. The molecule has 0 unspecified atom stereocenters. The molecule has 172 valence electrons. The predicted molar refractivity (Wildman–Crippen MR) is 127 cm³/mol. The summed E-state index contributed by atoms with van der Waals surface area (Å²) in [4.78, 5) is 16.0. The van der Waals surface area contributed by atoms with E-state index in [0.29, 0.717) is 35.5 Å². The number of likely N-dealkylation sites (tertiary alicyclic amines) is 2. The number of aliphatic hydroxyl groups excluding tert-OH is 1. The Morgan fingerprint density at radius 3 is 2.59 bits per heavy atom. The Morgan fingerprint density at radius 2 is 1.88 bits per heavy atom. The Kier molecular flexibility index (Phi) is 7.95. The number of rotatable bonds is 8. The number of hydrogen-bond acceptors (Lipinski definition) is 4. The minimum Gasteiger partial charge on any atom is -0.491 e. The van der Waals surface area contributed by atoms with E-state index in [9.17, 15) is 9.90 Å². The minimum absolute atomic E-state index is 0.217. The lowest BCUT2D eigenvalue weighted by Crippen LogP contribution is -2.40. The molecule has 0 bridgehead atoms. The number of β-amino-alcohol motifs (C(OH)–C–C–N with tert-alkyl or cyclic N) is 1. The highest BCUT2D eigenvalue weighted by atomic mass is 35.5. The summed E-state index contributed by atoms with van der Waals surface area (Å²) in [6.45, 7) is 4.15. The number of halogens is 2. The highest BCUT2D eigenvalue weighted by Crippen LogP contribution is 2.32. The van der Waals surface area contributed by atoms with Crippen molar-refractivity contribution in [3.8, 4) is 5.75 Å². The molecule has 2 aliphatic rings. The number of benzene rings is 2. The highest BCUT2D eigenvalue weighted by molar-refractivity contribution is 6.42. The molecule has 0 aliphatic carbocycles. The van der Waals surface area contributed by atoms with E-state index >= 15 is 0 Å². The van der Waals surface area contributed by atoms with Gasteiger partial charge in [0, 0.05) is 26.1 Å². The minimum atomic E-state index is -0.555. The number of aliphatic hydroxyl groups is 1. The van der Waals surface area contributed by atoms with E-state index in [2.05, 4.69) is 11.0 Å². The van der Waals surface area contributed by atoms with Gasteiger partial charge in [-0.05, 0) is 73.7 Å². The van der Waals surface area contributed by atoms with Crippen molar-refractivity contribution in [2.24, 2.45) is 0 Å². The number of hydrogen-bond donors (Lipinski definition) is 1. The van der Waals surface area contributed by atoms with Gasteiger partial charge < -0.3 is 19.6 Å². The molecule has 1 N–H and O–H groups in total. The molecule has 2 heterocycles. The molecular formula is C25H30Cl2N2O3. The third kappa shape index (κ3) is 6.16. The smallest absolute Gasteiger partial charge is 0.222 e. The Bertz CT molecular complexity index is 931. The molecule has 5 nitrogen and oxygen atoms in total. The van der Waals surface area contributed by atoms with E-state index in [0.717, 1.165) is 50.2 Å². The fourth-order valence-corrected chi connectivity index (χ4v) is 4.89. The number of piperidine rings is 1. The molecule has 2 aliphatic heterocycles. The number of carbonyl (C=O) groups is 1. The van der Waals surface area contributed by atoms with E-state index in [4.69, 9.17) is 27.9 Å². The lowest BCUT2D eigenvalue weighted by atomic mass is 9.89. The third-order valence-corrected chi connectivity index (χ3v) is 7.10. The second-order valence-corrected chi connectivity index (χ2v) is 9.59. The lowest BCUT2D eigenvalue weighted by Gasteiger charge is -2.33. The molecule has 2 aromatic carbocycles. The van der Waals surface area contributed by atoms with E-state index in [1.54, 1.807) is 0 Å². The van der Waals surface area contributed by atoms with E-state index in [1.165, 1.54) is 5.56 Å². The van der Waals surface area contributed by atoms with Crippen LogP contribution in [0.2, 0.25) is 10.0 Å². The summed E-state index contributed by atoms with van der Waals surface area (Å²) in [5, 5.41) is 11.7. The van der Waals surface area contributed by atoms with Crippen molar-refractivity contribution in [2.45, 2.75) is 44.2 Å². The molecule has 1 amide bonds. The van der Waals surface area contributed by atoms with Crippen LogP contribution in [0.3, 0.4) is 0 Å². The molecule has 32 heavy (non-hydrogen) atoms. The van der Waals surface area contributed by atoms with Crippen LogP contribution < -0.4 is 4.74 Å². The molecule has 2 fully saturated rings. The summed E-state index contributed by atoms with van der Waals surface area (Å²) in [7, 11) is 0. The van der Waals surface area contributed by atoms with Gasteiger partial charge in [0.25, 0.3) is 0 Å². The van der Waals surface area contributed by atoms with Crippen molar-refractivity contribution >= 4 is 29.1 Å². The Hall–Kier alpha value is -1.79. The van der Waals surface area contributed by atoms with E-state index < -0.39 is 6.10 Å². The molecule has 4 rings (SSSR count). The average Bonchev–Trinajstić information content (AvgIpc) is 3.19. The monoisotopic (exact) mass is 476 g/mol. The first-order chi connectivity index (χ1) is 15.5. The van der Waals surface area contributed by atoms with Gasteiger partial charge in [0.05, 0.1) is 10.0 Å². The van der Waals surface area contributed by atoms with Crippen LogP contribution in [-0.2, 0) is 11.3 Å². The van der Waals surface area contributed by atoms with Gasteiger partial charge in [-0.3, -0.25) is 4.79 Å². The fourth-order valence-electron chi connectivity index (χ4n) is 4.58. The van der Waals surface area contributed by atoms with Crippen LogP contribution in [0.5, 0.6) is 5.75 Å². The van der Waals surface area contributed by atoms with Gasteiger partial charge in [-0.25, -0.2) is 0 Å². The maximum atomic E-state index is 11.8. The van der Waals surface area contributed by atoms with Crippen LogP contribution >= 0.6 is 23.2 Å². The number of ether oxygens (including phenoxy) is 1. The largest absolute Gasteiger partial charge is 0.491 e. The van der Waals surface area contributed by atoms with Crippen molar-refractivity contribution in [3.63, 3.8) is 0 Å². The Morgan fingerprint density at radius 1 is 1.06 bits per heavy atom. The molecule has 0 radical (unpaired) electrons. The molecule has 7 heteroatoms. The van der Waals surface area contributed by atoms with Gasteiger partial charge in [0.15, 0.2) is 0 Å². The van der Waals surface area contributed by atoms with Crippen molar-refractivity contribution in [2.75, 3.05) is 32.8 Å². The molecule has 1 atom stereocenters. The van der Waals surface area contributed by atoms with Crippen LogP contribution in [0.15, 0.2) is 42.5 Å². The van der Waals surface area contributed by atoms with Crippen molar-refractivity contribution in [1.82, 2.24) is 9.80 Å². The first-order valence-corrected chi connectivity index (χ1v) is 12.1. The van der Waals surface area contributed by atoms with Crippen LogP contribution in [0.4, 0.5) is 0 Å². The van der Waals surface area contributed by atoms with Gasteiger partial charge in [-0.2, -0.15) is 0 Å². The standard InChI is InChI=1S/C25H30Cl2N2O3/c26-23-7-6-20(14-24(23)27)19-8-11-28(12-9-19)16-21(30)17-32-22-4-1-3-18(13-22)15-29-10-2-5-25(29)31/h1,3-4,6-7,13-14,19,21,30H,2,5,8-12,15-17H2/t21-/m0/s1. The van der Waals surface area contributed by atoms with Crippen molar-refractivity contribution in [3.05, 3.63) is 63.6 Å². The molecule has 0 aromatic heterocycles. The molecule has 2 aromatic rings. The van der Waals surface area contributed by atoms with E-state index in [-0.39, 0.29) is 12.5 Å². The number of carbonyl (C=O) groups excluding carboxylic acids is 1. The lowest BCUT2D eigenvalue weighted by molar-refractivity contribution is -0.128. The first kappa shape index (κ1) is 23.4. The second-order valence-electron chi connectivity index (χ2n) is 8.78. The molecule has 2 saturated heterocycles. The summed E-state index contributed by atoms with van der Waals surface area (Å²) >= 11 is 12.2. The highest BCUT2D eigenvalue weighted by Gasteiger charge is 2.23. The van der Waals surface area contributed by atoms with Crippen LogP contribution in [0.25, 0.3) is 0 Å². The maximum absolute atomic E-state index is 11.8. The van der Waals surface area contributed by atoms with Crippen LogP contribution in [0.1, 0.15) is 42.7 Å². The summed E-state index contributed by atoms with van der Waals surface area (Å²) in [6.07, 6.45) is 3.09. The van der Waals surface area contributed by atoms with Gasteiger partial charge in [-0.15, -0.1) is 0 Å². The zero-order valence-corrected chi connectivity index (χ0v) is 19.7. The van der Waals surface area contributed by atoms with Crippen molar-refractivity contribution < 1.29 is 14.6 Å². The summed E-state index contributed by atoms with van der Waals surface area (Å²) in [5.41, 5.74) is 2.29. The van der Waals surface area contributed by atoms with Crippen molar-refractivity contribution in [1.29, 1.82) is 0 Å². The Balaban J connectivity index is 1.21. The van der Waals surface area contributed by atoms with Gasteiger partial charge in [0.1, 0.15) is 18.5 Å². The molecule has 0 spiro atoms.